The Morgan fingerprint density at radius 1 is 1.14 bits per heavy atom. The Hall–Kier alpha value is -1.07. The molecule has 1 aromatic carbocycles. The molecule has 2 rings (SSSR count). The summed E-state index contributed by atoms with van der Waals surface area (Å²) >= 11 is 0. The zero-order valence-corrected chi connectivity index (χ0v) is 18.9. The van der Waals surface area contributed by atoms with E-state index in [4.69, 9.17) is 4.74 Å². The molecule has 160 valence electrons. The molecular weight excluding hydrogens is 484 g/mol. The van der Waals surface area contributed by atoms with Gasteiger partial charge >= 0.3 is 6.18 Å². The third-order valence-corrected chi connectivity index (χ3v) is 4.38. The van der Waals surface area contributed by atoms with Gasteiger partial charge in [0.25, 0.3) is 0 Å². The normalized spacial score (nSPS) is 21.1. The first kappa shape index (κ1) is 25.0. The van der Waals surface area contributed by atoms with E-state index in [9.17, 15) is 13.2 Å². The van der Waals surface area contributed by atoms with Gasteiger partial charge in [-0.05, 0) is 25.0 Å². The second kappa shape index (κ2) is 11.8. The maximum absolute atomic E-state index is 12.3. The van der Waals surface area contributed by atoms with Crippen LogP contribution in [0.15, 0.2) is 29.3 Å². The van der Waals surface area contributed by atoms with Gasteiger partial charge in [-0.3, -0.25) is 9.89 Å². The summed E-state index contributed by atoms with van der Waals surface area (Å²) in [7, 11) is 1.55. The van der Waals surface area contributed by atoms with E-state index in [1.54, 1.807) is 7.05 Å². The molecule has 0 saturated carbocycles. The van der Waals surface area contributed by atoms with Gasteiger partial charge in [-0.15, -0.1) is 24.0 Å². The summed E-state index contributed by atoms with van der Waals surface area (Å²) in [5.74, 6) is 0.364. The average molecular weight is 514 g/mol. The van der Waals surface area contributed by atoms with Gasteiger partial charge in [0.05, 0.1) is 18.6 Å². The van der Waals surface area contributed by atoms with E-state index in [0.29, 0.717) is 12.5 Å². The van der Waals surface area contributed by atoms with Crippen LogP contribution >= 0.6 is 24.0 Å². The second-order valence-corrected chi connectivity index (χ2v) is 6.94. The molecule has 1 aliphatic heterocycles. The van der Waals surface area contributed by atoms with E-state index >= 15 is 0 Å². The topological polar surface area (TPSA) is 48.9 Å². The van der Waals surface area contributed by atoms with Crippen molar-refractivity contribution < 1.29 is 17.9 Å². The smallest absolute Gasteiger partial charge is 0.373 e. The van der Waals surface area contributed by atoms with Gasteiger partial charge < -0.3 is 15.4 Å². The third-order valence-electron chi connectivity index (χ3n) is 4.38. The average Bonchev–Trinajstić information content (AvgIpc) is 2.57. The fourth-order valence-corrected chi connectivity index (χ4v) is 3.26. The van der Waals surface area contributed by atoms with Gasteiger partial charge in [0.2, 0.25) is 0 Å². The van der Waals surface area contributed by atoms with Crippen LogP contribution < -0.4 is 10.6 Å². The first-order valence-corrected chi connectivity index (χ1v) is 9.22. The number of hydrogen-bond acceptors (Lipinski definition) is 3. The lowest BCUT2D eigenvalue weighted by Crippen LogP contribution is -2.45. The largest absolute Gasteiger partial charge is 0.390 e. The maximum atomic E-state index is 12.3. The Bertz CT molecular complexity index is 617. The zero-order chi connectivity index (χ0) is 19.9. The second-order valence-electron chi connectivity index (χ2n) is 6.94. The molecule has 0 bridgehead atoms. The molecule has 0 radical (unpaired) electrons. The SMILES string of the molecule is CN=C(NCCC(F)(F)F)NCc1ccccc1CN1CC(C)OC(C)C1.I. The number of halogens is 4. The van der Waals surface area contributed by atoms with E-state index in [0.717, 1.165) is 25.2 Å². The highest BCUT2D eigenvalue weighted by Crippen LogP contribution is 2.18. The number of morpholine rings is 1. The fourth-order valence-electron chi connectivity index (χ4n) is 3.26. The summed E-state index contributed by atoms with van der Waals surface area (Å²) in [6, 6.07) is 8.08. The van der Waals surface area contributed by atoms with Crippen molar-refractivity contribution in [1.82, 2.24) is 15.5 Å². The number of rotatable bonds is 6. The molecule has 1 saturated heterocycles. The van der Waals surface area contributed by atoms with Crippen molar-refractivity contribution in [2.75, 3.05) is 26.7 Å². The molecule has 0 spiro atoms. The molecule has 0 aliphatic carbocycles. The van der Waals surface area contributed by atoms with Crippen molar-refractivity contribution in [1.29, 1.82) is 0 Å². The van der Waals surface area contributed by atoms with Gasteiger partial charge in [-0.2, -0.15) is 13.2 Å². The van der Waals surface area contributed by atoms with Crippen molar-refractivity contribution in [3.63, 3.8) is 0 Å². The van der Waals surface area contributed by atoms with Crippen LogP contribution in [0, 0.1) is 0 Å². The minimum absolute atomic E-state index is 0. The number of nitrogens with one attached hydrogen (secondary N) is 2. The molecule has 2 unspecified atom stereocenters. The van der Waals surface area contributed by atoms with Gasteiger partial charge in [0.1, 0.15) is 0 Å². The van der Waals surface area contributed by atoms with Crippen LogP contribution in [0.5, 0.6) is 0 Å². The number of nitrogens with zero attached hydrogens (tertiary/aromatic N) is 2. The van der Waals surface area contributed by atoms with E-state index in [1.807, 2.05) is 18.2 Å². The fraction of sp³-hybridized carbons (Fsp3) is 0.632. The molecule has 2 atom stereocenters. The van der Waals surface area contributed by atoms with Crippen LogP contribution in [0.4, 0.5) is 13.2 Å². The van der Waals surface area contributed by atoms with Gasteiger partial charge in [-0.1, -0.05) is 24.3 Å². The van der Waals surface area contributed by atoms with Crippen LogP contribution in [0.3, 0.4) is 0 Å². The molecule has 1 aromatic rings. The molecule has 1 fully saturated rings. The maximum Gasteiger partial charge on any atom is 0.390 e. The number of aliphatic imine (C=N–C) groups is 1. The summed E-state index contributed by atoms with van der Waals surface area (Å²) in [5, 5.41) is 5.80. The molecule has 1 aliphatic rings. The number of hydrogen-bond donors (Lipinski definition) is 2. The molecule has 1 heterocycles. The van der Waals surface area contributed by atoms with Crippen molar-refractivity contribution in [3.8, 4) is 0 Å². The van der Waals surface area contributed by atoms with Crippen LogP contribution in [0.25, 0.3) is 0 Å². The van der Waals surface area contributed by atoms with Gasteiger partial charge in [0, 0.05) is 39.8 Å². The van der Waals surface area contributed by atoms with E-state index in [-0.39, 0.29) is 42.7 Å². The number of ether oxygens (including phenoxy) is 1. The minimum atomic E-state index is -4.18. The molecule has 2 N–H and O–H groups in total. The molecular formula is C19H30F3IN4O. The Morgan fingerprint density at radius 2 is 1.75 bits per heavy atom. The Labute approximate surface area is 182 Å². The zero-order valence-electron chi connectivity index (χ0n) is 16.6. The van der Waals surface area contributed by atoms with E-state index < -0.39 is 12.6 Å². The standard InChI is InChI=1S/C19H29F3N4O.HI/c1-14-11-26(12-15(2)27-14)13-17-7-5-4-6-16(17)10-25-18(23-3)24-9-8-19(20,21)22;/h4-7,14-15H,8-13H2,1-3H3,(H2,23,24,25);1H. The first-order chi connectivity index (χ1) is 12.8. The lowest BCUT2D eigenvalue weighted by atomic mass is 10.1. The molecule has 0 amide bonds. The summed E-state index contributed by atoms with van der Waals surface area (Å²) in [4.78, 5) is 6.36. The lowest BCUT2D eigenvalue weighted by molar-refractivity contribution is -0.132. The molecule has 5 nitrogen and oxygen atoms in total. The predicted octanol–water partition coefficient (Wildman–Crippen LogP) is 3.53. The van der Waals surface area contributed by atoms with Crippen molar-refractivity contribution >= 4 is 29.9 Å². The van der Waals surface area contributed by atoms with Gasteiger partial charge in [-0.25, -0.2) is 0 Å². The molecule has 28 heavy (non-hydrogen) atoms. The Balaban J connectivity index is 0.00000392. The van der Waals surface area contributed by atoms with Crippen LogP contribution in [0.1, 0.15) is 31.4 Å². The third kappa shape index (κ3) is 8.95. The quantitative estimate of drug-likeness (QED) is 0.347. The van der Waals surface area contributed by atoms with Crippen molar-refractivity contribution in [3.05, 3.63) is 35.4 Å². The minimum Gasteiger partial charge on any atom is -0.373 e. The van der Waals surface area contributed by atoms with E-state index in [1.165, 1.54) is 5.56 Å². The molecule has 0 aromatic heterocycles. The monoisotopic (exact) mass is 514 g/mol. The summed E-state index contributed by atoms with van der Waals surface area (Å²) in [6.45, 7) is 7.03. The lowest BCUT2D eigenvalue weighted by Gasteiger charge is -2.35. The number of benzene rings is 1. The Morgan fingerprint density at radius 3 is 2.32 bits per heavy atom. The summed E-state index contributed by atoms with van der Waals surface area (Å²) in [6.07, 6.45) is -4.66. The highest BCUT2D eigenvalue weighted by molar-refractivity contribution is 14.0. The van der Waals surface area contributed by atoms with Crippen LogP contribution in [-0.4, -0.2) is 55.9 Å². The number of alkyl halides is 3. The highest BCUT2D eigenvalue weighted by Gasteiger charge is 2.26. The highest BCUT2D eigenvalue weighted by atomic mass is 127. The Kier molecular flexibility index (Phi) is 10.5. The van der Waals surface area contributed by atoms with Crippen molar-refractivity contribution in [2.45, 2.75) is 51.7 Å². The number of guanidine groups is 1. The van der Waals surface area contributed by atoms with E-state index in [2.05, 4.69) is 40.4 Å². The van der Waals surface area contributed by atoms with Crippen LogP contribution in [-0.2, 0) is 17.8 Å². The first-order valence-electron chi connectivity index (χ1n) is 9.22. The summed E-state index contributed by atoms with van der Waals surface area (Å²) in [5.41, 5.74) is 2.29. The van der Waals surface area contributed by atoms with Gasteiger partial charge in [0.15, 0.2) is 5.96 Å². The molecule has 9 heteroatoms. The predicted molar refractivity (Wildman–Crippen MR) is 116 cm³/mol. The van der Waals surface area contributed by atoms with Crippen molar-refractivity contribution in [2.24, 2.45) is 4.99 Å². The summed E-state index contributed by atoms with van der Waals surface area (Å²) < 4.78 is 42.6. The van der Waals surface area contributed by atoms with Crippen LogP contribution in [0.2, 0.25) is 0 Å².